The van der Waals surface area contributed by atoms with Crippen LogP contribution in [0.3, 0.4) is 0 Å². The topological polar surface area (TPSA) is 92.6 Å². The largest absolute Gasteiger partial charge is 0.444 e. The third-order valence-corrected chi connectivity index (χ3v) is 4.73. The summed E-state index contributed by atoms with van der Waals surface area (Å²) in [7, 11) is 1.78. The molecule has 0 radical (unpaired) electrons. The third kappa shape index (κ3) is 8.99. The number of hydrogen-bond donors (Lipinski definition) is 3. The molecule has 8 heteroatoms. The Morgan fingerprint density at radius 2 is 1.88 bits per heavy atom. The fraction of sp³-hybridized carbons (Fsp3) is 0.542. The van der Waals surface area contributed by atoms with Crippen molar-refractivity contribution >= 4 is 17.7 Å². The van der Waals surface area contributed by atoms with E-state index in [2.05, 4.69) is 50.6 Å². The molecule has 1 amide bonds. The van der Waals surface area contributed by atoms with E-state index < -0.39 is 11.7 Å². The summed E-state index contributed by atoms with van der Waals surface area (Å²) in [5, 5.41) is 14.0. The van der Waals surface area contributed by atoms with E-state index in [4.69, 9.17) is 4.74 Å². The van der Waals surface area contributed by atoms with Crippen molar-refractivity contribution in [3.05, 3.63) is 47.3 Å². The van der Waals surface area contributed by atoms with Gasteiger partial charge in [0.1, 0.15) is 5.60 Å². The lowest BCUT2D eigenvalue weighted by Crippen LogP contribution is -2.40. The Bertz CT molecular complexity index is 896. The molecule has 0 aliphatic heterocycles. The van der Waals surface area contributed by atoms with Crippen LogP contribution in [0.25, 0.3) is 0 Å². The highest BCUT2D eigenvalue weighted by Crippen LogP contribution is 2.13. The summed E-state index contributed by atoms with van der Waals surface area (Å²) in [5.74, 6) is 1.20. The van der Waals surface area contributed by atoms with E-state index in [0.717, 1.165) is 37.7 Å². The third-order valence-electron chi connectivity index (χ3n) is 4.73. The molecule has 32 heavy (non-hydrogen) atoms. The summed E-state index contributed by atoms with van der Waals surface area (Å²) in [6, 6.07) is 9.86. The SMILES string of the molecule is CN=C(NCCc1ccc(NC(=O)OC(C)(C)C)cc1)NCC(C)Cn1nc(C)cc1C. The van der Waals surface area contributed by atoms with Crippen molar-refractivity contribution in [2.45, 2.75) is 60.1 Å². The lowest BCUT2D eigenvalue weighted by Gasteiger charge is -2.19. The number of amides is 1. The van der Waals surface area contributed by atoms with Gasteiger partial charge in [-0.3, -0.25) is 15.0 Å². The highest BCUT2D eigenvalue weighted by molar-refractivity contribution is 5.84. The number of aliphatic imine (C=N–C) groups is 1. The van der Waals surface area contributed by atoms with Gasteiger partial charge in [0.15, 0.2) is 5.96 Å². The number of nitrogens with zero attached hydrogens (tertiary/aromatic N) is 3. The summed E-state index contributed by atoms with van der Waals surface area (Å²) < 4.78 is 7.32. The molecule has 1 unspecified atom stereocenters. The minimum absolute atomic E-state index is 0.413. The van der Waals surface area contributed by atoms with Crippen molar-refractivity contribution in [3.8, 4) is 0 Å². The van der Waals surface area contributed by atoms with Crippen LogP contribution >= 0.6 is 0 Å². The number of carbonyl (C=O) groups excluding carboxylic acids is 1. The summed E-state index contributed by atoms with van der Waals surface area (Å²) in [5.41, 5.74) is 3.60. The minimum atomic E-state index is -0.517. The van der Waals surface area contributed by atoms with Crippen LogP contribution in [-0.2, 0) is 17.7 Å². The Kier molecular flexibility index (Phi) is 9.11. The highest BCUT2D eigenvalue weighted by atomic mass is 16.6. The number of aromatic nitrogens is 2. The van der Waals surface area contributed by atoms with E-state index in [1.807, 2.05) is 52.0 Å². The molecule has 2 rings (SSSR count). The van der Waals surface area contributed by atoms with Gasteiger partial charge >= 0.3 is 6.09 Å². The second-order valence-corrected chi connectivity index (χ2v) is 9.17. The monoisotopic (exact) mass is 442 g/mol. The van der Waals surface area contributed by atoms with Crippen LogP contribution < -0.4 is 16.0 Å². The summed E-state index contributed by atoms with van der Waals surface area (Å²) in [4.78, 5) is 16.2. The van der Waals surface area contributed by atoms with Gasteiger partial charge < -0.3 is 15.4 Å². The number of aryl methyl sites for hydroxylation is 2. The Morgan fingerprint density at radius 1 is 1.19 bits per heavy atom. The summed E-state index contributed by atoms with van der Waals surface area (Å²) in [6.45, 7) is 14.3. The number of guanidine groups is 1. The lowest BCUT2D eigenvalue weighted by molar-refractivity contribution is 0.0636. The Hall–Kier alpha value is -3.03. The number of ether oxygens (including phenoxy) is 1. The van der Waals surface area contributed by atoms with Crippen molar-refractivity contribution in [2.24, 2.45) is 10.9 Å². The van der Waals surface area contributed by atoms with Gasteiger partial charge in [0, 0.05) is 38.1 Å². The Balaban J connectivity index is 1.72. The molecular weight excluding hydrogens is 404 g/mol. The predicted octanol–water partition coefficient (Wildman–Crippen LogP) is 3.89. The maximum absolute atomic E-state index is 11.9. The van der Waals surface area contributed by atoms with Crippen molar-refractivity contribution in [1.29, 1.82) is 0 Å². The van der Waals surface area contributed by atoms with Crippen LogP contribution in [0.2, 0.25) is 0 Å². The second kappa shape index (κ2) is 11.5. The molecule has 0 spiro atoms. The molecule has 0 saturated heterocycles. The maximum Gasteiger partial charge on any atom is 0.412 e. The van der Waals surface area contributed by atoms with E-state index in [0.29, 0.717) is 11.6 Å². The van der Waals surface area contributed by atoms with Gasteiger partial charge in [-0.15, -0.1) is 0 Å². The number of hydrogen-bond acceptors (Lipinski definition) is 4. The summed E-state index contributed by atoms with van der Waals surface area (Å²) in [6.07, 6.45) is 0.392. The smallest absolute Gasteiger partial charge is 0.412 e. The van der Waals surface area contributed by atoms with Crippen LogP contribution in [0.1, 0.15) is 44.6 Å². The molecule has 1 atom stereocenters. The fourth-order valence-corrected chi connectivity index (χ4v) is 3.21. The van der Waals surface area contributed by atoms with Crippen molar-refractivity contribution < 1.29 is 9.53 Å². The molecule has 1 aromatic heterocycles. The molecule has 0 aliphatic rings. The first kappa shape index (κ1) is 25.2. The van der Waals surface area contributed by atoms with Gasteiger partial charge in [-0.25, -0.2) is 4.79 Å². The van der Waals surface area contributed by atoms with Gasteiger partial charge in [-0.2, -0.15) is 5.10 Å². The van der Waals surface area contributed by atoms with Crippen molar-refractivity contribution in [1.82, 2.24) is 20.4 Å². The van der Waals surface area contributed by atoms with E-state index in [1.54, 1.807) is 7.05 Å². The molecule has 0 bridgehead atoms. The van der Waals surface area contributed by atoms with E-state index >= 15 is 0 Å². The van der Waals surface area contributed by atoms with Crippen LogP contribution in [0.15, 0.2) is 35.3 Å². The molecule has 1 aromatic carbocycles. The first-order valence-corrected chi connectivity index (χ1v) is 11.1. The Labute approximate surface area is 191 Å². The first-order valence-electron chi connectivity index (χ1n) is 11.1. The zero-order chi connectivity index (χ0) is 23.7. The van der Waals surface area contributed by atoms with Gasteiger partial charge in [0.05, 0.1) is 5.69 Å². The average Bonchev–Trinajstić information content (AvgIpc) is 3.01. The zero-order valence-corrected chi connectivity index (χ0v) is 20.5. The van der Waals surface area contributed by atoms with Crippen LogP contribution in [0.5, 0.6) is 0 Å². The second-order valence-electron chi connectivity index (χ2n) is 9.17. The number of rotatable bonds is 8. The first-order chi connectivity index (χ1) is 15.1. The molecule has 2 aromatic rings. The van der Waals surface area contributed by atoms with Crippen LogP contribution in [0, 0.1) is 19.8 Å². The van der Waals surface area contributed by atoms with Crippen LogP contribution in [-0.4, -0.2) is 47.6 Å². The fourth-order valence-electron chi connectivity index (χ4n) is 3.21. The van der Waals surface area contributed by atoms with Gasteiger partial charge in [-0.1, -0.05) is 19.1 Å². The quantitative estimate of drug-likeness (QED) is 0.426. The number of benzene rings is 1. The van der Waals surface area contributed by atoms with E-state index in [-0.39, 0.29) is 0 Å². The van der Waals surface area contributed by atoms with Gasteiger partial charge in [-0.05, 0) is 70.7 Å². The van der Waals surface area contributed by atoms with Gasteiger partial charge in [0.25, 0.3) is 0 Å². The molecule has 176 valence electrons. The maximum atomic E-state index is 11.9. The van der Waals surface area contributed by atoms with E-state index in [1.165, 1.54) is 11.3 Å². The molecule has 0 fully saturated rings. The molecule has 0 saturated carbocycles. The molecule has 3 N–H and O–H groups in total. The normalized spacial score (nSPS) is 12.9. The van der Waals surface area contributed by atoms with Crippen molar-refractivity contribution in [2.75, 3.05) is 25.5 Å². The zero-order valence-electron chi connectivity index (χ0n) is 20.5. The average molecular weight is 443 g/mol. The molecule has 8 nitrogen and oxygen atoms in total. The minimum Gasteiger partial charge on any atom is -0.444 e. The van der Waals surface area contributed by atoms with Crippen molar-refractivity contribution in [3.63, 3.8) is 0 Å². The van der Waals surface area contributed by atoms with E-state index in [9.17, 15) is 4.79 Å². The molecular formula is C24H38N6O2. The lowest BCUT2D eigenvalue weighted by atomic mass is 10.1. The van der Waals surface area contributed by atoms with Gasteiger partial charge in [0.2, 0.25) is 0 Å². The standard InChI is InChI=1S/C24H38N6O2/c1-17(16-30-19(3)14-18(2)29-30)15-27-22(25-7)26-13-12-20-8-10-21(11-9-20)28-23(31)32-24(4,5)6/h8-11,14,17H,12-13,15-16H2,1-7H3,(H,28,31)(H2,25,26,27). The van der Waals surface area contributed by atoms with Crippen LogP contribution in [0.4, 0.5) is 10.5 Å². The molecule has 0 aliphatic carbocycles. The number of carbonyl (C=O) groups is 1. The number of anilines is 1. The Morgan fingerprint density at radius 3 is 2.44 bits per heavy atom. The molecule has 1 heterocycles. The predicted molar refractivity (Wildman–Crippen MR) is 130 cm³/mol. The number of nitrogens with one attached hydrogen (secondary N) is 3. The highest BCUT2D eigenvalue weighted by Gasteiger charge is 2.16. The summed E-state index contributed by atoms with van der Waals surface area (Å²) >= 11 is 0.